The van der Waals surface area contributed by atoms with E-state index < -0.39 is 0 Å². The molecule has 0 aromatic heterocycles. The van der Waals surface area contributed by atoms with Crippen LogP contribution >= 0.6 is 11.8 Å². The summed E-state index contributed by atoms with van der Waals surface area (Å²) >= 11 is 1.85. The van der Waals surface area contributed by atoms with Gasteiger partial charge in [-0.3, -0.25) is 0 Å². The summed E-state index contributed by atoms with van der Waals surface area (Å²) in [6.45, 7) is 0. The van der Waals surface area contributed by atoms with Crippen molar-refractivity contribution in [3.05, 3.63) is 35.9 Å². The fourth-order valence-corrected chi connectivity index (χ4v) is 1.27. The van der Waals surface area contributed by atoms with Crippen molar-refractivity contribution in [1.29, 1.82) is 0 Å². The molecule has 1 rings (SSSR count). The fourth-order valence-electron chi connectivity index (χ4n) is 0.741. The zero-order valence-corrected chi connectivity index (χ0v) is 7.32. The van der Waals surface area contributed by atoms with Gasteiger partial charge in [-0.2, -0.15) is 11.8 Å². The minimum atomic E-state index is 0. The van der Waals surface area contributed by atoms with E-state index in [0.29, 0.717) is 0 Å². The van der Waals surface area contributed by atoms with E-state index in [0.717, 1.165) is 5.75 Å². The van der Waals surface area contributed by atoms with Crippen LogP contribution in [0.5, 0.6) is 0 Å². The maximum Gasteiger partial charge on any atom is 1.00 e. The molecule has 0 N–H and O–H groups in total. The Hall–Kier alpha value is 0.167. The third kappa shape index (κ3) is 3.36. The molecule has 0 atom stereocenters. The van der Waals surface area contributed by atoms with Crippen LogP contribution in [0.15, 0.2) is 30.3 Å². The maximum atomic E-state index is 2.15. The van der Waals surface area contributed by atoms with Gasteiger partial charge in [-0.25, -0.2) is 0 Å². The molecule has 0 amide bonds. The number of thioether (sulfide) groups is 1. The average Bonchev–Trinajstić information content (AvgIpc) is 1.91. The Labute approximate surface area is 80.1 Å². The van der Waals surface area contributed by atoms with Crippen LogP contribution in [0, 0.1) is 0 Å². The molecule has 0 fully saturated rings. The molecule has 0 aliphatic heterocycles. The van der Waals surface area contributed by atoms with Crippen molar-refractivity contribution in [2.45, 2.75) is 5.75 Å². The summed E-state index contributed by atoms with van der Waals surface area (Å²) in [6, 6.07) is 10.5. The molecule has 50 valence electrons. The second-order valence-electron chi connectivity index (χ2n) is 1.92. The van der Waals surface area contributed by atoms with Gasteiger partial charge in [0.05, 0.1) is 0 Å². The van der Waals surface area contributed by atoms with Crippen LogP contribution < -0.4 is 18.9 Å². The molecule has 1 aromatic carbocycles. The summed E-state index contributed by atoms with van der Waals surface area (Å²) in [7, 11) is 0. The zero-order chi connectivity index (χ0) is 6.53. The molecule has 0 unspecified atom stereocenters. The monoisotopic (exact) mass is 146 g/mol. The Morgan fingerprint density at radius 2 is 1.90 bits per heavy atom. The van der Waals surface area contributed by atoms with E-state index in [4.69, 9.17) is 0 Å². The van der Waals surface area contributed by atoms with Gasteiger partial charge in [0, 0.05) is 5.75 Å². The normalized spacial score (nSPS) is 8.50. The SMILES string of the molecule is CSCc1ccccc1.[H-].[Li+]. The topological polar surface area (TPSA) is 0 Å². The average molecular weight is 146 g/mol. The Balaban J connectivity index is 0. The van der Waals surface area contributed by atoms with E-state index in [1.165, 1.54) is 5.56 Å². The van der Waals surface area contributed by atoms with Gasteiger partial charge in [0.15, 0.2) is 0 Å². The molecular weight excluding hydrogens is 135 g/mol. The second-order valence-corrected chi connectivity index (χ2v) is 2.78. The molecule has 0 radical (unpaired) electrons. The maximum absolute atomic E-state index is 2.15. The second kappa shape index (κ2) is 5.92. The third-order valence-electron chi connectivity index (χ3n) is 1.15. The van der Waals surface area contributed by atoms with Gasteiger partial charge in [0.2, 0.25) is 0 Å². The summed E-state index contributed by atoms with van der Waals surface area (Å²) in [5, 5.41) is 0. The Kier molecular flexibility index (Phi) is 6.01. The molecule has 0 nitrogen and oxygen atoms in total. The first-order valence-electron chi connectivity index (χ1n) is 2.96. The van der Waals surface area contributed by atoms with Gasteiger partial charge < -0.3 is 1.43 Å². The third-order valence-corrected chi connectivity index (χ3v) is 1.78. The number of hydrogen-bond acceptors (Lipinski definition) is 1. The van der Waals surface area contributed by atoms with Crippen molar-refractivity contribution < 1.29 is 20.3 Å². The summed E-state index contributed by atoms with van der Waals surface area (Å²) in [4.78, 5) is 0. The molecule has 0 saturated heterocycles. The van der Waals surface area contributed by atoms with Gasteiger partial charge in [-0.1, -0.05) is 30.3 Å². The quantitative estimate of drug-likeness (QED) is 0.515. The van der Waals surface area contributed by atoms with E-state index in [-0.39, 0.29) is 20.3 Å². The van der Waals surface area contributed by atoms with Crippen molar-refractivity contribution in [2.24, 2.45) is 0 Å². The van der Waals surface area contributed by atoms with Crippen LogP contribution in [0.2, 0.25) is 0 Å². The molecule has 1 aromatic rings. The van der Waals surface area contributed by atoms with Crippen LogP contribution in [0.1, 0.15) is 6.99 Å². The van der Waals surface area contributed by atoms with Crippen LogP contribution in [0.25, 0.3) is 0 Å². The minimum absolute atomic E-state index is 0. The fraction of sp³-hybridized carbons (Fsp3) is 0.250. The van der Waals surface area contributed by atoms with Crippen LogP contribution in [-0.4, -0.2) is 6.26 Å². The largest absolute Gasteiger partial charge is 1.00 e. The van der Waals surface area contributed by atoms with Crippen molar-refractivity contribution >= 4 is 11.8 Å². The van der Waals surface area contributed by atoms with Crippen LogP contribution in [0.4, 0.5) is 0 Å². The number of rotatable bonds is 2. The number of benzene rings is 1. The number of hydrogen-bond donors (Lipinski definition) is 0. The first kappa shape index (κ1) is 10.2. The predicted octanol–water partition coefficient (Wildman–Crippen LogP) is -0.334. The van der Waals surface area contributed by atoms with E-state index in [1.54, 1.807) is 0 Å². The Morgan fingerprint density at radius 3 is 2.40 bits per heavy atom. The molecule has 0 bridgehead atoms. The van der Waals surface area contributed by atoms with Gasteiger partial charge in [0.25, 0.3) is 0 Å². The minimum Gasteiger partial charge on any atom is -1.00 e. The zero-order valence-electron chi connectivity index (χ0n) is 7.50. The molecule has 2 heteroatoms. The van der Waals surface area contributed by atoms with Crippen LogP contribution in [-0.2, 0) is 5.75 Å². The van der Waals surface area contributed by atoms with E-state index in [1.807, 2.05) is 17.8 Å². The molecule has 0 spiro atoms. The molecule has 0 saturated carbocycles. The molecule has 0 aliphatic carbocycles. The first-order valence-corrected chi connectivity index (χ1v) is 4.36. The van der Waals surface area contributed by atoms with E-state index >= 15 is 0 Å². The van der Waals surface area contributed by atoms with Crippen molar-refractivity contribution in [3.63, 3.8) is 0 Å². The molecular formula is C8H11LiS. The standard InChI is InChI=1S/C8H10S.Li.H/c1-9-7-8-5-3-2-4-6-8;;/h2-6H,7H2,1H3;;/q;+1;-1. The van der Waals surface area contributed by atoms with Crippen molar-refractivity contribution in [2.75, 3.05) is 6.26 Å². The van der Waals surface area contributed by atoms with E-state index in [9.17, 15) is 0 Å². The van der Waals surface area contributed by atoms with Gasteiger partial charge in [-0.05, 0) is 11.8 Å². The van der Waals surface area contributed by atoms with Gasteiger partial charge in [-0.15, -0.1) is 0 Å². The summed E-state index contributed by atoms with van der Waals surface area (Å²) < 4.78 is 0. The predicted molar refractivity (Wildman–Crippen MR) is 44.8 cm³/mol. The molecule has 0 heterocycles. The molecule has 0 aliphatic rings. The van der Waals surface area contributed by atoms with Gasteiger partial charge in [0.1, 0.15) is 0 Å². The Morgan fingerprint density at radius 1 is 1.30 bits per heavy atom. The van der Waals surface area contributed by atoms with Crippen molar-refractivity contribution in [3.8, 4) is 0 Å². The van der Waals surface area contributed by atoms with Gasteiger partial charge >= 0.3 is 18.9 Å². The smallest absolute Gasteiger partial charge is 1.00 e. The van der Waals surface area contributed by atoms with Crippen molar-refractivity contribution in [1.82, 2.24) is 0 Å². The Bertz CT molecular complexity index is 167. The summed E-state index contributed by atoms with van der Waals surface area (Å²) in [5.74, 6) is 1.13. The van der Waals surface area contributed by atoms with E-state index in [2.05, 4.69) is 30.5 Å². The summed E-state index contributed by atoms with van der Waals surface area (Å²) in [5.41, 5.74) is 1.41. The summed E-state index contributed by atoms with van der Waals surface area (Å²) in [6.07, 6.45) is 2.12. The molecule has 10 heavy (non-hydrogen) atoms. The van der Waals surface area contributed by atoms with Crippen LogP contribution in [0.3, 0.4) is 0 Å². The first-order chi connectivity index (χ1) is 4.43.